The largest absolute Gasteiger partial charge is 0.493 e. The molecule has 0 fully saturated rings. The molecule has 0 spiro atoms. The van der Waals surface area contributed by atoms with Crippen LogP contribution in [-0.2, 0) is 4.74 Å². The van der Waals surface area contributed by atoms with Crippen molar-refractivity contribution in [2.24, 2.45) is 0 Å². The molecule has 6 nitrogen and oxygen atoms in total. The van der Waals surface area contributed by atoms with Crippen LogP contribution >= 0.6 is 0 Å². The number of carbonyl (C=O) groups is 1. The number of aromatic amines is 1. The molecule has 0 aliphatic heterocycles. The third-order valence-electron chi connectivity index (χ3n) is 3.93. The van der Waals surface area contributed by atoms with Crippen LogP contribution < -0.4 is 10.4 Å². The van der Waals surface area contributed by atoms with E-state index in [0.717, 1.165) is 5.69 Å². The van der Waals surface area contributed by atoms with Gasteiger partial charge < -0.3 is 14.5 Å². The first-order valence-corrected chi connectivity index (χ1v) is 8.47. The molecule has 0 bridgehead atoms. The number of H-pyrrole nitrogens is 1. The minimum Gasteiger partial charge on any atom is -0.493 e. The van der Waals surface area contributed by atoms with Gasteiger partial charge in [-0.15, -0.1) is 0 Å². The molecule has 1 heterocycles. The summed E-state index contributed by atoms with van der Waals surface area (Å²) in [5.74, 6) is -0.200. The highest BCUT2D eigenvalue weighted by Gasteiger charge is 2.09. The second-order valence-corrected chi connectivity index (χ2v) is 5.91. The van der Waals surface area contributed by atoms with E-state index in [4.69, 9.17) is 9.47 Å². The molecule has 0 atom stereocenters. The molecule has 140 valence electrons. The van der Waals surface area contributed by atoms with E-state index in [0.29, 0.717) is 30.0 Å². The Labute approximate surface area is 155 Å². The van der Waals surface area contributed by atoms with E-state index in [2.05, 4.69) is 4.98 Å². The number of nitrogens with one attached hydrogen (secondary N) is 1. The van der Waals surface area contributed by atoms with Crippen LogP contribution in [0.3, 0.4) is 0 Å². The summed E-state index contributed by atoms with van der Waals surface area (Å²) in [5.41, 5.74) is 1.61. The second-order valence-electron chi connectivity index (χ2n) is 5.91. The van der Waals surface area contributed by atoms with Crippen molar-refractivity contribution in [3.63, 3.8) is 0 Å². The van der Waals surface area contributed by atoms with Gasteiger partial charge in [-0.3, -0.25) is 4.57 Å². The minimum absolute atomic E-state index is 0.207. The fourth-order valence-electron chi connectivity index (χ4n) is 2.55. The molecule has 0 amide bonds. The molecule has 0 aliphatic carbocycles. The number of nitrogens with zero attached hydrogens (tertiary/aromatic N) is 1. The maximum absolute atomic E-state index is 12.8. The van der Waals surface area contributed by atoms with Gasteiger partial charge in [0.15, 0.2) is 0 Å². The third kappa shape index (κ3) is 4.63. The molecular formula is C20H19FN2O4. The summed E-state index contributed by atoms with van der Waals surface area (Å²) in [5, 5.41) is 0. The molecule has 3 rings (SSSR count). The zero-order valence-electron chi connectivity index (χ0n) is 14.8. The van der Waals surface area contributed by atoms with Crippen molar-refractivity contribution in [2.75, 3.05) is 13.2 Å². The number of halogens is 1. The summed E-state index contributed by atoms with van der Waals surface area (Å²) in [6.45, 7) is 2.37. The van der Waals surface area contributed by atoms with Crippen LogP contribution in [0.4, 0.5) is 4.39 Å². The van der Waals surface area contributed by atoms with Gasteiger partial charge >= 0.3 is 11.7 Å². The molecule has 0 saturated heterocycles. The average molecular weight is 370 g/mol. The molecule has 0 unspecified atom stereocenters. The third-order valence-corrected chi connectivity index (χ3v) is 3.93. The van der Waals surface area contributed by atoms with E-state index >= 15 is 0 Å². The first-order valence-electron chi connectivity index (χ1n) is 8.47. The van der Waals surface area contributed by atoms with Crippen molar-refractivity contribution in [3.8, 4) is 11.4 Å². The van der Waals surface area contributed by atoms with Crippen LogP contribution in [0.25, 0.3) is 5.69 Å². The number of rotatable bonds is 7. The molecule has 1 N–H and O–H groups in total. The van der Waals surface area contributed by atoms with Gasteiger partial charge in [0.05, 0.1) is 24.5 Å². The summed E-state index contributed by atoms with van der Waals surface area (Å²) < 4.78 is 25.0. The number of esters is 1. The molecule has 2 aromatic carbocycles. The van der Waals surface area contributed by atoms with Crippen LogP contribution in [-0.4, -0.2) is 28.7 Å². The highest BCUT2D eigenvalue weighted by Crippen LogP contribution is 2.12. The van der Waals surface area contributed by atoms with E-state index < -0.39 is 5.97 Å². The van der Waals surface area contributed by atoms with E-state index in [1.807, 2.05) is 6.92 Å². The molecule has 1 aromatic heterocycles. The highest BCUT2D eigenvalue weighted by atomic mass is 19.1. The van der Waals surface area contributed by atoms with Crippen molar-refractivity contribution in [1.29, 1.82) is 0 Å². The Bertz CT molecular complexity index is 959. The van der Waals surface area contributed by atoms with Gasteiger partial charge in [0.1, 0.15) is 11.6 Å². The fourth-order valence-corrected chi connectivity index (χ4v) is 2.55. The Morgan fingerprint density at radius 2 is 1.78 bits per heavy atom. The van der Waals surface area contributed by atoms with Gasteiger partial charge in [0.25, 0.3) is 0 Å². The van der Waals surface area contributed by atoms with Crippen LogP contribution in [0.2, 0.25) is 0 Å². The second kappa shape index (κ2) is 8.35. The number of aryl methyl sites for hydroxylation is 1. The number of ether oxygens (including phenoxy) is 2. The van der Waals surface area contributed by atoms with Gasteiger partial charge in [0, 0.05) is 18.3 Å². The topological polar surface area (TPSA) is 73.3 Å². The summed E-state index contributed by atoms with van der Waals surface area (Å²) in [7, 11) is 0. The molecule has 0 aliphatic rings. The molecule has 0 saturated carbocycles. The molecule has 0 radical (unpaired) electrons. The number of hydrogen-bond donors (Lipinski definition) is 1. The smallest absolute Gasteiger partial charge is 0.338 e. The number of imidazole rings is 1. The Morgan fingerprint density at radius 1 is 1.07 bits per heavy atom. The maximum Gasteiger partial charge on any atom is 0.338 e. The summed E-state index contributed by atoms with van der Waals surface area (Å²) in [4.78, 5) is 26.4. The van der Waals surface area contributed by atoms with Crippen LogP contribution in [0.5, 0.6) is 5.75 Å². The van der Waals surface area contributed by atoms with Crippen molar-refractivity contribution in [2.45, 2.75) is 13.3 Å². The van der Waals surface area contributed by atoms with Gasteiger partial charge in [-0.05, 0) is 55.5 Å². The maximum atomic E-state index is 12.8. The SMILES string of the molecule is Cc1c[nH]c(=O)n1-c1ccc(C(=O)OCCCOc2ccc(F)cc2)cc1. The predicted molar refractivity (Wildman–Crippen MR) is 97.9 cm³/mol. The lowest BCUT2D eigenvalue weighted by atomic mass is 10.2. The van der Waals surface area contributed by atoms with E-state index in [1.165, 1.54) is 16.7 Å². The zero-order valence-corrected chi connectivity index (χ0v) is 14.8. The number of benzene rings is 2. The Hall–Kier alpha value is -3.35. The number of hydrogen-bond acceptors (Lipinski definition) is 4. The average Bonchev–Trinajstić information content (AvgIpc) is 3.01. The van der Waals surface area contributed by atoms with Gasteiger partial charge in [-0.2, -0.15) is 0 Å². The summed E-state index contributed by atoms with van der Waals surface area (Å²) >= 11 is 0. The Balaban J connectivity index is 1.47. The predicted octanol–water partition coefficient (Wildman–Crippen LogP) is 3.24. The Kier molecular flexibility index (Phi) is 5.71. The lowest BCUT2D eigenvalue weighted by Gasteiger charge is -2.08. The fraction of sp³-hybridized carbons (Fsp3) is 0.200. The van der Waals surface area contributed by atoms with E-state index in [-0.39, 0.29) is 18.1 Å². The quantitative estimate of drug-likeness (QED) is 0.512. The lowest BCUT2D eigenvalue weighted by molar-refractivity contribution is 0.0486. The summed E-state index contributed by atoms with van der Waals surface area (Å²) in [6.07, 6.45) is 2.14. The number of carbonyl (C=O) groups excluding carboxylic acids is 1. The van der Waals surface area contributed by atoms with Crippen molar-refractivity contribution < 1.29 is 18.7 Å². The molecule has 7 heteroatoms. The minimum atomic E-state index is -0.443. The first-order chi connectivity index (χ1) is 13.0. The number of aromatic nitrogens is 2. The molecule has 27 heavy (non-hydrogen) atoms. The Morgan fingerprint density at radius 3 is 2.41 bits per heavy atom. The van der Waals surface area contributed by atoms with Gasteiger partial charge in [-0.25, -0.2) is 14.0 Å². The van der Waals surface area contributed by atoms with Crippen molar-refractivity contribution in [3.05, 3.63) is 82.3 Å². The highest BCUT2D eigenvalue weighted by molar-refractivity contribution is 5.89. The van der Waals surface area contributed by atoms with Crippen LogP contribution in [0.15, 0.2) is 59.5 Å². The van der Waals surface area contributed by atoms with Crippen LogP contribution in [0.1, 0.15) is 22.5 Å². The molecule has 3 aromatic rings. The monoisotopic (exact) mass is 370 g/mol. The van der Waals surface area contributed by atoms with E-state index in [9.17, 15) is 14.0 Å². The molecular weight excluding hydrogens is 351 g/mol. The normalized spacial score (nSPS) is 10.6. The van der Waals surface area contributed by atoms with Gasteiger partial charge in [0.2, 0.25) is 0 Å². The summed E-state index contributed by atoms with van der Waals surface area (Å²) in [6, 6.07) is 12.3. The first kappa shape index (κ1) is 18.4. The zero-order chi connectivity index (χ0) is 19.2. The lowest BCUT2D eigenvalue weighted by Crippen LogP contribution is -2.16. The standard InChI is InChI=1S/C20H19FN2O4/c1-14-13-22-20(25)23(14)17-7-3-15(4-8-17)19(24)27-12-2-11-26-18-9-5-16(21)6-10-18/h3-10,13H,2,11-12H2,1H3,(H,22,25). The van der Waals surface area contributed by atoms with Crippen LogP contribution in [0, 0.1) is 12.7 Å². The van der Waals surface area contributed by atoms with Gasteiger partial charge in [-0.1, -0.05) is 0 Å². The van der Waals surface area contributed by atoms with Crippen molar-refractivity contribution in [1.82, 2.24) is 9.55 Å². The van der Waals surface area contributed by atoms with E-state index in [1.54, 1.807) is 42.6 Å². The van der Waals surface area contributed by atoms with Crippen molar-refractivity contribution >= 4 is 5.97 Å².